The van der Waals surface area contributed by atoms with Crippen LogP contribution in [0.2, 0.25) is 0 Å². The first-order chi connectivity index (χ1) is 42.6. The molecular weight excluding hydrogens is 1080 g/mol. The lowest BCUT2D eigenvalue weighted by Crippen LogP contribution is -2.70. The van der Waals surface area contributed by atoms with Gasteiger partial charge in [-0.05, 0) is 200 Å². The lowest BCUT2D eigenvalue weighted by molar-refractivity contribution is 0.199. The Morgan fingerprint density at radius 2 is 0.978 bits per heavy atom. The Morgan fingerprint density at radius 3 is 1.60 bits per heavy atom. The Morgan fingerprint density at radius 1 is 0.416 bits per heavy atom. The van der Waals surface area contributed by atoms with Crippen LogP contribution in [0.15, 0.2) is 211 Å². The Bertz CT molecular complexity index is 4610. The maximum atomic E-state index is 7.82. The number of furan rings is 1. The van der Waals surface area contributed by atoms with E-state index < -0.39 is 0 Å². The lowest BCUT2D eigenvalue weighted by atomic mass is 9.42. The zero-order chi connectivity index (χ0) is 61.3. The Balaban J connectivity index is 1.07. The van der Waals surface area contributed by atoms with E-state index in [1.54, 1.807) is 0 Å². The van der Waals surface area contributed by atoms with Crippen LogP contribution >= 0.6 is 0 Å². The van der Waals surface area contributed by atoms with E-state index in [2.05, 4.69) is 304 Å². The molecule has 2 aliphatic carbocycles. The van der Waals surface area contributed by atoms with Gasteiger partial charge in [0.2, 0.25) is 0 Å². The van der Waals surface area contributed by atoms with Gasteiger partial charge in [-0.15, -0.1) is 0 Å². The highest BCUT2D eigenvalue weighted by Gasteiger charge is 2.64. The van der Waals surface area contributed by atoms with E-state index in [0.717, 1.165) is 65.3 Å². The molecule has 2 unspecified atom stereocenters. The second kappa shape index (κ2) is 19.5. The summed E-state index contributed by atoms with van der Waals surface area (Å²) >= 11 is 0. The molecule has 0 N–H and O–H groups in total. The van der Waals surface area contributed by atoms with Crippen molar-refractivity contribution in [3.63, 3.8) is 0 Å². The third kappa shape index (κ3) is 8.39. The molecule has 5 heteroatoms. The molecule has 0 saturated heterocycles. The predicted octanol–water partition coefficient (Wildman–Crippen LogP) is 22.0. The van der Waals surface area contributed by atoms with Gasteiger partial charge in [0.1, 0.15) is 11.2 Å². The summed E-state index contributed by atoms with van der Waals surface area (Å²) in [6.45, 7) is 29.2. The summed E-state index contributed by atoms with van der Waals surface area (Å²) in [5.74, 6) is 0. The Kier molecular flexibility index (Phi) is 12.2. The SMILES string of the molecule is CC(C)(C)c1ccc(N2c3cc(N(c4cccc(-c5ccccc5)c4)c4cccc(-c5ccccc5)c4)cc4c3B(c3c2ccc2c3oc3cc5c(cc32)C(C)(C)CCC5(C)C)N2c3c-4cc(C(C)(C)C)cc3C3(C)CCCCC23C)c(-c2ccccc2)c1. The average molecular weight is 1160 g/mol. The summed E-state index contributed by atoms with van der Waals surface area (Å²) in [4.78, 5) is 8.23. The van der Waals surface area contributed by atoms with Crippen LogP contribution in [0.1, 0.15) is 149 Å². The van der Waals surface area contributed by atoms with Gasteiger partial charge in [-0.1, -0.05) is 216 Å². The first-order valence-corrected chi connectivity index (χ1v) is 32.9. The number of rotatable bonds is 7. The van der Waals surface area contributed by atoms with Crippen LogP contribution in [0.4, 0.5) is 39.8 Å². The third-order valence-corrected chi connectivity index (χ3v) is 22.3. The fraction of sp³-hybridized carbons (Fsp3) is 0.286. The summed E-state index contributed by atoms with van der Waals surface area (Å²) in [6, 6.07) is 79.0. The monoisotopic (exact) mass is 1160 g/mol. The molecular formula is C84H82BN3O. The van der Waals surface area contributed by atoms with Crippen molar-refractivity contribution in [3.8, 4) is 44.5 Å². The van der Waals surface area contributed by atoms with Gasteiger partial charge in [-0.25, -0.2) is 0 Å². The van der Waals surface area contributed by atoms with Crippen LogP contribution in [-0.4, -0.2) is 12.4 Å². The quantitative estimate of drug-likeness (QED) is 0.148. The highest BCUT2D eigenvalue weighted by atomic mass is 16.3. The molecule has 1 saturated carbocycles. The molecule has 2 atom stereocenters. The Hall–Kier alpha value is -8.54. The van der Waals surface area contributed by atoms with E-state index >= 15 is 0 Å². The zero-order valence-corrected chi connectivity index (χ0v) is 54.2. The van der Waals surface area contributed by atoms with Crippen LogP contribution in [0.25, 0.3) is 66.4 Å². The fourth-order valence-corrected chi connectivity index (χ4v) is 16.9. The molecule has 1 fully saturated rings. The first-order valence-electron chi connectivity index (χ1n) is 32.9. The predicted molar refractivity (Wildman–Crippen MR) is 379 cm³/mol. The molecule has 4 heterocycles. The Labute approximate surface area is 528 Å². The second-order valence-electron chi connectivity index (χ2n) is 30.7. The standard InChI is InChI=1S/C84H82BN3O/c1-79(2,3)58-36-38-71(64(46-58)55-30-20-15-21-31-55)87-72-39-37-63-65-51-68-69(82(9,10)43-42-81(68,7)8)52-74(65)89-78(63)76(72)85-75-66(67-47-59(80(4,5)6)48-70-77(67)88(85)84(12)41-23-22-40-83(70,84)11)49-62(50-73(75)87)86(60-34-24-32-56(44-60)53-26-16-13-17-27-53)61-35-25-33-57(45-61)54-28-18-14-19-29-54/h13-21,24-39,44-52H,22-23,40-43H2,1-12H3. The third-order valence-electron chi connectivity index (χ3n) is 22.3. The minimum Gasteiger partial charge on any atom is -0.456 e. The minimum absolute atomic E-state index is 0.0252. The van der Waals surface area contributed by atoms with Gasteiger partial charge in [-0.3, -0.25) is 0 Å². The summed E-state index contributed by atoms with van der Waals surface area (Å²) in [6.07, 6.45) is 6.93. The van der Waals surface area contributed by atoms with Crippen molar-refractivity contribution < 1.29 is 4.42 Å². The van der Waals surface area contributed by atoms with Gasteiger partial charge in [0, 0.05) is 72.4 Å². The molecule has 89 heavy (non-hydrogen) atoms. The highest BCUT2D eigenvalue weighted by Crippen LogP contribution is 2.65. The van der Waals surface area contributed by atoms with E-state index in [-0.39, 0.29) is 39.5 Å². The van der Waals surface area contributed by atoms with Gasteiger partial charge in [0.05, 0.1) is 5.69 Å². The van der Waals surface area contributed by atoms with Gasteiger partial charge < -0.3 is 19.0 Å². The van der Waals surface area contributed by atoms with Crippen LogP contribution < -0.4 is 25.5 Å². The summed E-state index contributed by atoms with van der Waals surface area (Å²) < 4.78 is 7.82. The molecule has 1 aromatic heterocycles. The van der Waals surface area contributed by atoms with E-state index in [0.29, 0.717) is 0 Å². The normalized spacial score (nSPS) is 19.4. The number of nitrogens with zero attached hydrogens (tertiary/aromatic N) is 3. The van der Waals surface area contributed by atoms with Gasteiger partial charge in [0.25, 0.3) is 0 Å². The van der Waals surface area contributed by atoms with Crippen molar-refractivity contribution in [2.24, 2.45) is 0 Å². The van der Waals surface area contributed by atoms with Crippen molar-refractivity contribution >= 4 is 79.5 Å². The van der Waals surface area contributed by atoms with Crippen LogP contribution in [0.5, 0.6) is 0 Å². The van der Waals surface area contributed by atoms with Crippen molar-refractivity contribution in [2.75, 3.05) is 14.6 Å². The molecule has 0 amide bonds. The van der Waals surface area contributed by atoms with Crippen LogP contribution in [0.3, 0.4) is 0 Å². The number of hydrogen-bond donors (Lipinski definition) is 0. The number of hydrogen-bond acceptors (Lipinski definition) is 4. The van der Waals surface area contributed by atoms with E-state index in [1.807, 2.05) is 0 Å². The maximum absolute atomic E-state index is 7.82. The van der Waals surface area contributed by atoms with Crippen molar-refractivity contribution in [2.45, 2.75) is 154 Å². The molecule has 10 aromatic carbocycles. The smallest absolute Gasteiger partial charge is 0.332 e. The minimum atomic E-state index is -0.219. The molecule has 3 aliphatic heterocycles. The molecule has 16 rings (SSSR count). The first kappa shape index (κ1) is 55.8. The highest BCUT2D eigenvalue weighted by molar-refractivity contribution is 6.94. The van der Waals surface area contributed by atoms with E-state index in [1.165, 1.54) is 118 Å². The lowest BCUT2D eigenvalue weighted by Gasteiger charge is -2.55. The van der Waals surface area contributed by atoms with Crippen molar-refractivity contribution in [1.29, 1.82) is 0 Å². The van der Waals surface area contributed by atoms with Crippen LogP contribution in [0, 0.1) is 0 Å². The molecule has 11 aromatic rings. The summed E-state index contributed by atoms with van der Waals surface area (Å²) in [5.41, 5.74) is 29.1. The average Bonchev–Trinajstić information content (AvgIpc) is 1.54. The van der Waals surface area contributed by atoms with Crippen LogP contribution in [-0.2, 0) is 27.1 Å². The van der Waals surface area contributed by atoms with E-state index in [9.17, 15) is 0 Å². The molecule has 0 bridgehead atoms. The fourth-order valence-electron chi connectivity index (χ4n) is 16.9. The van der Waals surface area contributed by atoms with Gasteiger partial charge in [0.15, 0.2) is 0 Å². The molecule has 0 radical (unpaired) electrons. The summed E-state index contributed by atoms with van der Waals surface area (Å²) in [7, 11) is 0. The van der Waals surface area contributed by atoms with Gasteiger partial charge in [-0.2, -0.15) is 0 Å². The molecule has 4 nitrogen and oxygen atoms in total. The number of benzene rings is 10. The second-order valence-corrected chi connectivity index (χ2v) is 30.7. The van der Waals surface area contributed by atoms with Crippen molar-refractivity contribution in [1.82, 2.24) is 0 Å². The van der Waals surface area contributed by atoms with E-state index in [4.69, 9.17) is 4.42 Å². The molecule has 442 valence electrons. The number of anilines is 7. The topological polar surface area (TPSA) is 22.9 Å². The largest absolute Gasteiger partial charge is 0.456 e. The van der Waals surface area contributed by atoms with Crippen molar-refractivity contribution in [3.05, 3.63) is 234 Å². The summed E-state index contributed by atoms with van der Waals surface area (Å²) in [5, 5.41) is 2.41. The molecule has 0 spiro atoms. The maximum Gasteiger partial charge on any atom is 0.332 e. The van der Waals surface area contributed by atoms with Gasteiger partial charge >= 0.3 is 6.85 Å². The molecule has 5 aliphatic rings. The zero-order valence-electron chi connectivity index (χ0n) is 54.2. The number of fused-ring (bicyclic) bond motifs is 12.